The molecule has 160 valence electrons. The maximum atomic E-state index is 12.7. The Morgan fingerprint density at radius 3 is 2.48 bits per heavy atom. The van der Waals surface area contributed by atoms with E-state index >= 15 is 0 Å². The highest BCUT2D eigenvalue weighted by molar-refractivity contribution is 6.34. The zero-order chi connectivity index (χ0) is 22.5. The molecule has 0 saturated heterocycles. The van der Waals surface area contributed by atoms with E-state index < -0.39 is 17.9 Å². The lowest BCUT2D eigenvalue weighted by molar-refractivity contribution is -0.139. The van der Waals surface area contributed by atoms with E-state index in [1.54, 1.807) is 67.8 Å². The second kappa shape index (κ2) is 9.59. The van der Waals surface area contributed by atoms with Gasteiger partial charge in [0.15, 0.2) is 0 Å². The van der Waals surface area contributed by atoms with Crippen LogP contribution < -0.4 is 16.6 Å². The summed E-state index contributed by atoms with van der Waals surface area (Å²) in [6.07, 6.45) is 1.74. The summed E-state index contributed by atoms with van der Waals surface area (Å²) in [6.45, 7) is 0.0987. The van der Waals surface area contributed by atoms with Crippen LogP contribution in [0.2, 0.25) is 5.02 Å². The number of aryl methyl sites for hydroxylation is 1. The molecule has 7 nitrogen and oxygen atoms in total. The van der Waals surface area contributed by atoms with E-state index in [1.807, 2.05) is 0 Å². The third-order valence-electron chi connectivity index (χ3n) is 4.98. The van der Waals surface area contributed by atoms with Crippen LogP contribution in [0.4, 0.5) is 0 Å². The van der Waals surface area contributed by atoms with Crippen LogP contribution in [0.3, 0.4) is 0 Å². The number of carbonyl (C=O) groups excluding carboxylic acids is 1. The Bertz CT molecular complexity index is 1170. The number of aliphatic carboxylic acids is 1. The number of pyridine rings is 1. The highest BCUT2D eigenvalue weighted by Crippen LogP contribution is 2.21. The number of nitrogens with zero attached hydrogens (tertiary/aromatic N) is 1. The third kappa shape index (κ3) is 5.02. The first-order valence-electron chi connectivity index (χ1n) is 9.58. The fraction of sp³-hybridized carbons (Fsp3) is 0.174. The molecule has 2 aromatic carbocycles. The lowest BCUT2D eigenvalue weighted by Gasteiger charge is -2.17. The fourth-order valence-corrected chi connectivity index (χ4v) is 3.58. The summed E-state index contributed by atoms with van der Waals surface area (Å²) in [5.41, 5.74) is 8.23. The molecule has 0 bridgehead atoms. The van der Waals surface area contributed by atoms with Gasteiger partial charge in [0.2, 0.25) is 0 Å². The number of hydrogen-bond donors (Lipinski definition) is 3. The third-order valence-corrected chi connectivity index (χ3v) is 5.29. The average Bonchev–Trinajstić information content (AvgIpc) is 2.75. The molecule has 1 amide bonds. The van der Waals surface area contributed by atoms with Gasteiger partial charge < -0.3 is 20.7 Å². The van der Waals surface area contributed by atoms with Crippen LogP contribution in [0.25, 0.3) is 11.1 Å². The number of carbonyl (C=O) groups is 2. The topological polar surface area (TPSA) is 114 Å². The van der Waals surface area contributed by atoms with E-state index in [4.69, 9.17) is 17.3 Å². The van der Waals surface area contributed by atoms with Crippen molar-refractivity contribution in [2.45, 2.75) is 19.0 Å². The second-order valence-corrected chi connectivity index (χ2v) is 7.49. The molecule has 0 spiro atoms. The Hall–Kier alpha value is -3.42. The zero-order valence-corrected chi connectivity index (χ0v) is 17.6. The molecule has 1 atom stereocenters. The number of hydrogen-bond acceptors (Lipinski definition) is 4. The Morgan fingerprint density at radius 1 is 1.13 bits per heavy atom. The lowest BCUT2D eigenvalue weighted by Crippen LogP contribution is -2.42. The summed E-state index contributed by atoms with van der Waals surface area (Å²) >= 11 is 6.13. The molecule has 1 aromatic heterocycles. The van der Waals surface area contributed by atoms with Crippen molar-refractivity contribution >= 4 is 23.5 Å². The fourth-order valence-electron chi connectivity index (χ4n) is 3.30. The number of aromatic nitrogens is 1. The van der Waals surface area contributed by atoms with Crippen molar-refractivity contribution < 1.29 is 14.7 Å². The summed E-state index contributed by atoms with van der Waals surface area (Å²) in [5, 5.41) is 12.3. The van der Waals surface area contributed by atoms with Gasteiger partial charge in [0.05, 0.1) is 10.6 Å². The molecule has 4 N–H and O–H groups in total. The molecular formula is C23H22ClN3O4. The summed E-state index contributed by atoms with van der Waals surface area (Å²) in [5.74, 6) is -1.77. The number of carboxylic acids is 1. The molecule has 0 fully saturated rings. The first-order valence-corrected chi connectivity index (χ1v) is 9.95. The van der Waals surface area contributed by atoms with Gasteiger partial charge in [-0.3, -0.25) is 9.59 Å². The van der Waals surface area contributed by atoms with E-state index in [-0.39, 0.29) is 29.1 Å². The zero-order valence-electron chi connectivity index (χ0n) is 16.8. The molecule has 3 aromatic rings. The second-order valence-electron chi connectivity index (χ2n) is 7.08. The van der Waals surface area contributed by atoms with Crippen LogP contribution >= 0.6 is 11.6 Å². The Balaban J connectivity index is 1.80. The summed E-state index contributed by atoms with van der Waals surface area (Å²) in [6, 6.07) is 14.3. The molecule has 0 radical (unpaired) electrons. The van der Waals surface area contributed by atoms with Crippen LogP contribution in [0.5, 0.6) is 0 Å². The van der Waals surface area contributed by atoms with E-state index in [1.165, 1.54) is 4.57 Å². The Morgan fingerprint density at radius 2 is 1.84 bits per heavy atom. The van der Waals surface area contributed by atoms with Gasteiger partial charge in [0.1, 0.15) is 6.04 Å². The van der Waals surface area contributed by atoms with Crippen molar-refractivity contribution in [1.29, 1.82) is 0 Å². The molecule has 31 heavy (non-hydrogen) atoms. The van der Waals surface area contributed by atoms with E-state index in [9.17, 15) is 19.5 Å². The Kier molecular flexibility index (Phi) is 6.89. The highest BCUT2D eigenvalue weighted by Gasteiger charge is 2.23. The van der Waals surface area contributed by atoms with Crippen LogP contribution in [-0.2, 0) is 24.8 Å². The number of nitrogens with one attached hydrogen (secondary N) is 1. The van der Waals surface area contributed by atoms with Crippen molar-refractivity contribution in [3.8, 4) is 11.1 Å². The van der Waals surface area contributed by atoms with E-state index in [0.29, 0.717) is 16.7 Å². The summed E-state index contributed by atoms with van der Waals surface area (Å²) in [7, 11) is 1.68. The molecule has 0 unspecified atom stereocenters. The van der Waals surface area contributed by atoms with Crippen LogP contribution in [0.1, 0.15) is 21.5 Å². The van der Waals surface area contributed by atoms with Gasteiger partial charge in [0, 0.05) is 31.8 Å². The SMILES string of the molecule is Cn1cccc(-c2ccc(C[C@H](NC(=O)c3c(Cl)cccc3CN)C(=O)O)cc2)c1=O. The lowest BCUT2D eigenvalue weighted by atomic mass is 10.0. The van der Waals surface area contributed by atoms with Crippen molar-refractivity contribution in [1.82, 2.24) is 9.88 Å². The molecule has 0 aliphatic heterocycles. The normalized spacial score (nSPS) is 11.7. The van der Waals surface area contributed by atoms with E-state index in [2.05, 4.69) is 5.32 Å². The number of benzene rings is 2. The predicted octanol–water partition coefficient (Wildman–Crippen LogP) is 2.59. The van der Waals surface area contributed by atoms with Crippen molar-refractivity contribution in [3.05, 3.63) is 92.9 Å². The minimum absolute atomic E-state index is 0.0660. The van der Waals surface area contributed by atoms with Gasteiger partial charge in [-0.05, 0) is 34.9 Å². The first kappa shape index (κ1) is 22.3. The quantitative estimate of drug-likeness (QED) is 0.523. The van der Waals surface area contributed by atoms with Crippen LogP contribution in [0.15, 0.2) is 65.6 Å². The van der Waals surface area contributed by atoms with Crippen molar-refractivity contribution in [3.63, 3.8) is 0 Å². The molecule has 3 rings (SSSR count). The standard InChI is InChI=1S/C23H22ClN3O4/c1-27-11-3-5-17(22(27)29)15-9-7-14(8-10-15)12-19(23(30)31)26-21(28)20-16(13-25)4-2-6-18(20)24/h2-11,19H,12-13,25H2,1H3,(H,26,28)(H,30,31)/t19-/m0/s1. The molecule has 0 aliphatic carbocycles. The van der Waals surface area contributed by atoms with Gasteiger partial charge >= 0.3 is 5.97 Å². The van der Waals surface area contributed by atoms with Gasteiger partial charge in [-0.25, -0.2) is 4.79 Å². The van der Waals surface area contributed by atoms with Gasteiger partial charge in [-0.2, -0.15) is 0 Å². The van der Waals surface area contributed by atoms with E-state index in [0.717, 1.165) is 5.56 Å². The average molecular weight is 440 g/mol. The molecule has 0 aliphatic rings. The smallest absolute Gasteiger partial charge is 0.326 e. The maximum Gasteiger partial charge on any atom is 0.326 e. The largest absolute Gasteiger partial charge is 0.480 e. The molecule has 1 heterocycles. The maximum absolute atomic E-state index is 12.7. The van der Waals surface area contributed by atoms with Crippen molar-refractivity contribution in [2.24, 2.45) is 12.8 Å². The van der Waals surface area contributed by atoms with Gasteiger partial charge in [-0.15, -0.1) is 0 Å². The van der Waals surface area contributed by atoms with Gasteiger partial charge in [-0.1, -0.05) is 48.0 Å². The summed E-state index contributed by atoms with van der Waals surface area (Å²) in [4.78, 5) is 36.7. The molecule has 8 heteroatoms. The summed E-state index contributed by atoms with van der Waals surface area (Å²) < 4.78 is 1.49. The number of nitrogens with two attached hydrogens (primary N) is 1. The van der Waals surface area contributed by atoms with Crippen LogP contribution in [-0.4, -0.2) is 27.6 Å². The monoisotopic (exact) mass is 439 g/mol. The minimum Gasteiger partial charge on any atom is -0.480 e. The highest BCUT2D eigenvalue weighted by atomic mass is 35.5. The molecular weight excluding hydrogens is 418 g/mol. The van der Waals surface area contributed by atoms with Crippen molar-refractivity contribution in [2.75, 3.05) is 0 Å². The minimum atomic E-state index is -1.17. The number of amides is 1. The number of rotatable bonds is 7. The number of halogens is 1. The first-order chi connectivity index (χ1) is 14.8. The predicted molar refractivity (Wildman–Crippen MR) is 119 cm³/mol. The van der Waals surface area contributed by atoms with Gasteiger partial charge in [0.25, 0.3) is 11.5 Å². The molecule has 0 saturated carbocycles. The number of carboxylic acid groups (broad SMARTS) is 1. The Labute approximate surface area is 184 Å². The van der Waals surface area contributed by atoms with Crippen LogP contribution in [0, 0.1) is 0 Å².